The molecule has 2 unspecified atom stereocenters. The van der Waals surface area contributed by atoms with Gasteiger partial charge < -0.3 is 9.47 Å². The molecule has 2 fully saturated rings. The predicted molar refractivity (Wildman–Crippen MR) is 65.9 cm³/mol. The third kappa shape index (κ3) is 2.23. The van der Waals surface area contributed by atoms with Crippen molar-refractivity contribution < 1.29 is 9.47 Å². The minimum absolute atomic E-state index is 0.00130. The van der Waals surface area contributed by atoms with E-state index in [1.165, 1.54) is 5.56 Å². The summed E-state index contributed by atoms with van der Waals surface area (Å²) in [4.78, 5) is 2.49. The van der Waals surface area contributed by atoms with Gasteiger partial charge in [0.05, 0.1) is 25.9 Å². The quantitative estimate of drug-likeness (QED) is 0.745. The fraction of sp³-hybridized carbons (Fsp3) is 0.571. The molecule has 1 aromatic carbocycles. The van der Waals surface area contributed by atoms with E-state index in [-0.39, 0.29) is 5.60 Å². The third-order valence-corrected chi connectivity index (χ3v) is 3.70. The van der Waals surface area contributed by atoms with Crippen molar-refractivity contribution in [3.8, 4) is 0 Å². The SMILES string of the molecule is CC1(C(c2ccccc2)N2CCOCC2)CO1. The van der Waals surface area contributed by atoms with Crippen molar-refractivity contribution in [3.63, 3.8) is 0 Å². The van der Waals surface area contributed by atoms with E-state index in [2.05, 4.69) is 42.2 Å². The Morgan fingerprint density at radius 3 is 2.41 bits per heavy atom. The number of ether oxygens (including phenoxy) is 2. The zero-order valence-electron chi connectivity index (χ0n) is 10.3. The first-order valence-corrected chi connectivity index (χ1v) is 6.30. The van der Waals surface area contributed by atoms with Crippen molar-refractivity contribution in [1.29, 1.82) is 0 Å². The largest absolute Gasteiger partial charge is 0.379 e. The van der Waals surface area contributed by atoms with Crippen LogP contribution in [0.4, 0.5) is 0 Å². The summed E-state index contributed by atoms with van der Waals surface area (Å²) >= 11 is 0. The van der Waals surface area contributed by atoms with Crippen molar-refractivity contribution in [2.45, 2.75) is 18.6 Å². The topological polar surface area (TPSA) is 25.0 Å². The van der Waals surface area contributed by atoms with Crippen molar-refractivity contribution in [2.24, 2.45) is 0 Å². The lowest BCUT2D eigenvalue weighted by atomic mass is 9.93. The molecule has 2 atom stereocenters. The summed E-state index contributed by atoms with van der Waals surface area (Å²) in [7, 11) is 0. The summed E-state index contributed by atoms with van der Waals surface area (Å²) < 4.78 is 11.1. The molecule has 0 saturated carbocycles. The van der Waals surface area contributed by atoms with E-state index < -0.39 is 0 Å². The molecule has 3 rings (SSSR count). The first-order chi connectivity index (χ1) is 8.30. The highest BCUT2D eigenvalue weighted by molar-refractivity contribution is 5.24. The molecule has 0 spiro atoms. The van der Waals surface area contributed by atoms with Gasteiger partial charge in [0, 0.05) is 13.1 Å². The van der Waals surface area contributed by atoms with Crippen LogP contribution < -0.4 is 0 Å². The van der Waals surface area contributed by atoms with Crippen LogP contribution in [-0.4, -0.2) is 43.4 Å². The van der Waals surface area contributed by atoms with Crippen LogP contribution >= 0.6 is 0 Å². The second-order valence-corrected chi connectivity index (χ2v) is 5.06. The van der Waals surface area contributed by atoms with Crippen LogP contribution in [0.2, 0.25) is 0 Å². The maximum absolute atomic E-state index is 5.68. The third-order valence-electron chi connectivity index (χ3n) is 3.70. The van der Waals surface area contributed by atoms with E-state index >= 15 is 0 Å². The Balaban J connectivity index is 1.87. The van der Waals surface area contributed by atoms with Gasteiger partial charge in [0.2, 0.25) is 0 Å². The van der Waals surface area contributed by atoms with Crippen molar-refractivity contribution >= 4 is 0 Å². The maximum Gasteiger partial charge on any atom is 0.108 e. The van der Waals surface area contributed by atoms with Gasteiger partial charge in [-0.05, 0) is 12.5 Å². The van der Waals surface area contributed by atoms with Gasteiger partial charge in [-0.1, -0.05) is 30.3 Å². The molecular weight excluding hydrogens is 214 g/mol. The first kappa shape index (κ1) is 11.2. The maximum atomic E-state index is 5.68. The molecule has 1 aromatic rings. The highest BCUT2D eigenvalue weighted by Gasteiger charge is 2.50. The minimum Gasteiger partial charge on any atom is -0.379 e. The average molecular weight is 233 g/mol. The zero-order chi connectivity index (χ0) is 11.7. The molecule has 2 aliphatic heterocycles. The highest BCUT2D eigenvalue weighted by atomic mass is 16.6. The molecule has 0 aliphatic carbocycles. The number of rotatable bonds is 3. The number of hydrogen-bond acceptors (Lipinski definition) is 3. The lowest BCUT2D eigenvalue weighted by Crippen LogP contribution is -2.44. The molecule has 3 heteroatoms. The molecule has 0 aromatic heterocycles. The summed E-state index contributed by atoms with van der Waals surface area (Å²) in [6.07, 6.45) is 0. The Labute approximate surface area is 102 Å². The minimum atomic E-state index is -0.00130. The summed E-state index contributed by atoms with van der Waals surface area (Å²) in [6, 6.07) is 11.0. The van der Waals surface area contributed by atoms with Crippen molar-refractivity contribution in [1.82, 2.24) is 4.90 Å². The average Bonchev–Trinajstić information content (AvgIpc) is 3.11. The van der Waals surface area contributed by atoms with Gasteiger partial charge in [-0.15, -0.1) is 0 Å². The van der Waals surface area contributed by atoms with Gasteiger partial charge in [-0.2, -0.15) is 0 Å². The lowest BCUT2D eigenvalue weighted by molar-refractivity contribution is -0.00231. The van der Waals surface area contributed by atoms with Crippen molar-refractivity contribution in [2.75, 3.05) is 32.9 Å². The summed E-state index contributed by atoms with van der Waals surface area (Å²) in [6.45, 7) is 6.74. The molecule has 0 bridgehead atoms. The lowest BCUT2D eigenvalue weighted by Gasteiger charge is -2.37. The van der Waals surface area contributed by atoms with Gasteiger partial charge in [-0.25, -0.2) is 0 Å². The smallest absolute Gasteiger partial charge is 0.108 e. The molecule has 0 amide bonds. The van der Waals surface area contributed by atoms with Crippen LogP contribution in [-0.2, 0) is 9.47 Å². The predicted octanol–water partition coefficient (Wildman–Crippen LogP) is 1.85. The Hall–Kier alpha value is -0.900. The van der Waals surface area contributed by atoms with E-state index in [9.17, 15) is 0 Å². The van der Waals surface area contributed by atoms with E-state index in [0.29, 0.717) is 6.04 Å². The van der Waals surface area contributed by atoms with Gasteiger partial charge in [0.25, 0.3) is 0 Å². The Morgan fingerprint density at radius 1 is 1.18 bits per heavy atom. The molecule has 3 nitrogen and oxygen atoms in total. The zero-order valence-corrected chi connectivity index (χ0v) is 10.3. The molecule has 2 aliphatic rings. The fourth-order valence-corrected chi connectivity index (χ4v) is 2.69. The second kappa shape index (κ2) is 4.41. The number of epoxide rings is 1. The van der Waals surface area contributed by atoms with E-state index in [4.69, 9.17) is 9.47 Å². The van der Waals surface area contributed by atoms with Gasteiger partial charge in [-0.3, -0.25) is 4.90 Å². The number of benzene rings is 1. The van der Waals surface area contributed by atoms with E-state index in [0.717, 1.165) is 32.9 Å². The van der Waals surface area contributed by atoms with Crippen LogP contribution in [0.15, 0.2) is 30.3 Å². The van der Waals surface area contributed by atoms with E-state index in [1.807, 2.05) is 0 Å². The van der Waals surface area contributed by atoms with Crippen LogP contribution in [0, 0.1) is 0 Å². The monoisotopic (exact) mass is 233 g/mol. The van der Waals surface area contributed by atoms with E-state index in [1.54, 1.807) is 0 Å². The Bertz CT molecular complexity index is 369. The summed E-state index contributed by atoms with van der Waals surface area (Å²) in [5, 5.41) is 0. The fourth-order valence-electron chi connectivity index (χ4n) is 2.69. The summed E-state index contributed by atoms with van der Waals surface area (Å²) in [5.74, 6) is 0. The van der Waals surface area contributed by atoms with Crippen LogP contribution in [0.1, 0.15) is 18.5 Å². The normalized spacial score (nSPS) is 31.1. The Morgan fingerprint density at radius 2 is 1.82 bits per heavy atom. The van der Waals surface area contributed by atoms with Gasteiger partial charge >= 0.3 is 0 Å². The number of nitrogens with zero attached hydrogens (tertiary/aromatic N) is 1. The standard InChI is InChI=1S/C14H19NO2/c1-14(11-17-14)13(12-5-3-2-4-6-12)15-7-9-16-10-8-15/h2-6,13H,7-11H2,1H3. The van der Waals surface area contributed by atoms with Gasteiger partial charge in [0.15, 0.2) is 0 Å². The Kier molecular flexibility index (Phi) is 2.90. The van der Waals surface area contributed by atoms with Crippen molar-refractivity contribution in [3.05, 3.63) is 35.9 Å². The molecule has 2 heterocycles. The molecule has 17 heavy (non-hydrogen) atoms. The van der Waals surface area contributed by atoms with Crippen LogP contribution in [0.25, 0.3) is 0 Å². The highest BCUT2D eigenvalue weighted by Crippen LogP contribution is 2.43. The molecule has 2 saturated heterocycles. The second-order valence-electron chi connectivity index (χ2n) is 5.06. The number of morpholine rings is 1. The molecular formula is C14H19NO2. The van der Waals surface area contributed by atoms with Crippen LogP contribution in [0.3, 0.4) is 0 Å². The summed E-state index contributed by atoms with van der Waals surface area (Å²) in [5.41, 5.74) is 1.35. The molecule has 92 valence electrons. The number of hydrogen-bond donors (Lipinski definition) is 0. The van der Waals surface area contributed by atoms with Gasteiger partial charge in [0.1, 0.15) is 5.60 Å². The van der Waals surface area contributed by atoms with Crippen LogP contribution in [0.5, 0.6) is 0 Å². The molecule has 0 N–H and O–H groups in total. The molecule has 0 radical (unpaired) electrons. The first-order valence-electron chi connectivity index (χ1n) is 6.30.